The first-order valence-electron chi connectivity index (χ1n) is 11.7. The number of nitrogens with zero attached hydrogens (tertiary/aromatic N) is 5. The largest absolute Gasteiger partial charge is 0.494 e. The third kappa shape index (κ3) is 4.35. The number of nitrogens with two attached hydrogens (primary N) is 1. The molecule has 11 heteroatoms. The van der Waals surface area contributed by atoms with Crippen LogP contribution in [0, 0.1) is 0 Å². The van der Waals surface area contributed by atoms with E-state index in [1.54, 1.807) is 17.0 Å². The van der Waals surface area contributed by atoms with Crippen molar-refractivity contribution in [3.05, 3.63) is 66.2 Å². The molecule has 37 heavy (non-hydrogen) atoms. The Kier molecular flexibility index (Phi) is 6.26. The quantitative estimate of drug-likeness (QED) is 0.314. The van der Waals surface area contributed by atoms with Gasteiger partial charge in [0.25, 0.3) is 17.6 Å². The van der Waals surface area contributed by atoms with Gasteiger partial charge in [0.1, 0.15) is 23.0 Å². The minimum absolute atomic E-state index is 0.0984. The normalized spacial score (nSPS) is 15.6. The predicted molar refractivity (Wildman–Crippen MR) is 136 cm³/mol. The number of anilines is 1. The van der Waals surface area contributed by atoms with Crippen LogP contribution in [-0.2, 0) is 4.79 Å². The van der Waals surface area contributed by atoms with Crippen molar-refractivity contribution in [3.63, 3.8) is 0 Å². The SMILES string of the molecule is COc1cnc(-c2cnc(N)cn2)c2[nH]cc(C(=O)C(=O)N3CCN(C(=O)c4ccccc4)C(C)C3)c12. The summed E-state index contributed by atoms with van der Waals surface area (Å²) in [6.07, 6.45) is 5.84. The summed E-state index contributed by atoms with van der Waals surface area (Å²) >= 11 is 0. The van der Waals surface area contributed by atoms with E-state index >= 15 is 0 Å². The van der Waals surface area contributed by atoms with Crippen molar-refractivity contribution in [1.82, 2.24) is 29.7 Å². The van der Waals surface area contributed by atoms with Gasteiger partial charge in [0, 0.05) is 37.4 Å². The van der Waals surface area contributed by atoms with Gasteiger partial charge >= 0.3 is 0 Å². The molecule has 3 aromatic heterocycles. The number of amides is 2. The zero-order valence-electron chi connectivity index (χ0n) is 20.3. The molecule has 0 aliphatic carbocycles. The van der Waals surface area contributed by atoms with Crippen LogP contribution >= 0.6 is 0 Å². The number of Topliss-reactive ketones (excluding diaryl/α,β-unsaturated/α-hetero) is 1. The average Bonchev–Trinajstić information content (AvgIpc) is 3.38. The summed E-state index contributed by atoms with van der Waals surface area (Å²) in [5, 5.41) is 0.426. The molecule has 0 saturated carbocycles. The second-order valence-corrected chi connectivity index (χ2v) is 8.75. The van der Waals surface area contributed by atoms with Gasteiger partial charge in [-0.25, -0.2) is 15.0 Å². The first-order valence-corrected chi connectivity index (χ1v) is 11.7. The van der Waals surface area contributed by atoms with E-state index in [-0.39, 0.29) is 36.4 Å². The van der Waals surface area contributed by atoms with Crippen molar-refractivity contribution in [3.8, 4) is 17.1 Å². The lowest BCUT2D eigenvalue weighted by Gasteiger charge is -2.39. The molecule has 4 aromatic rings. The maximum atomic E-state index is 13.4. The molecular formula is C26H25N7O4. The third-order valence-electron chi connectivity index (χ3n) is 6.44. The van der Waals surface area contributed by atoms with E-state index in [0.29, 0.717) is 40.1 Å². The molecule has 5 rings (SSSR count). The molecule has 11 nitrogen and oxygen atoms in total. The number of carbonyl (C=O) groups is 3. The molecule has 0 radical (unpaired) electrons. The minimum atomic E-state index is -0.680. The predicted octanol–water partition coefficient (Wildman–Crippen LogP) is 2.17. The maximum Gasteiger partial charge on any atom is 0.295 e. The molecule has 3 N–H and O–H groups in total. The number of methoxy groups -OCH3 is 1. The number of ether oxygens (including phenoxy) is 1. The summed E-state index contributed by atoms with van der Waals surface area (Å²) in [5.41, 5.74) is 7.78. The van der Waals surface area contributed by atoms with Crippen LogP contribution in [-0.4, -0.2) is 80.1 Å². The molecule has 1 atom stereocenters. The summed E-state index contributed by atoms with van der Waals surface area (Å²) in [4.78, 5) is 58.6. The lowest BCUT2D eigenvalue weighted by molar-refractivity contribution is -0.128. The van der Waals surface area contributed by atoms with Gasteiger partial charge in [-0.3, -0.25) is 14.4 Å². The number of ketones is 1. The van der Waals surface area contributed by atoms with Crippen LogP contribution in [0.5, 0.6) is 5.75 Å². The number of benzene rings is 1. The number of carbonyl (C=O) groups excluding carboxylic acids is 3. The van der Waals surface area contributed by atoms with E-state index in [9.17, 15) is 14.4 Å². The summed E-state index contributed by atoms with van der Waals surface area (Å²) < 4.78 is 5.45. The van der Waals surface area contributed by atoms with Crippen LogP contribution in [0.3, 0.4) is 0 Å². The molecule has 1 unspecified atom stereocenters. The Labute approximate surface area is 212 Å². The zero-order chi connectivity index (χ0) is 26.1. The average molecular weight is 500 g/mol. The molecule has 188 valence electrons. The lowest BCUT2D eigenvalue weighted by Crippen LogP contribution is -2.56. The number of hydrogen-bond donors (Lipinski definition) is 2. The number of hydrogen-bond acceptors (Lipinski definition) is 8. The second-order valence-electron chi connectivity index (χ2n) is 8.75. The highest BCUT2D eigenvalue weighted by Gasteiger charge is 2.34. The monoisotopic (exact) mass is 499 g/mol. The van der Waals surface area contributed by atoms with Gasteiger partial charge in [-0.05, 0) is 19.1 Å². The van der Waals surface area contributed by atoms with Gasteiger partial charge in [0.2, 0.25) is 0 Å². The number of rotatable bonds is 5. The first kappa shape index (κ1) is 23.9. The van der Waals surface area contributed by atoms with Crippen LogP contribution < -0.4 is 10.5 Å². The van der Waals surface area contributed by atoms with Crippen molar-refractivity contribution in [1.29, 1.82) is 0 Å². The van der Waals surface area contributed by atoms with Crippen molar-refractivity contribution >= 4 is 34.3 Å². The number of fused-ring (bicyclic) bond motifs is 1. The maximum absolute atomic E-state index is 13.4. The third-order valence-corrected chi connectivity index (χ3v) is 6.44. The van der Waals surface area contributed by atoms with E-state index in [0.717, 1.165) is 0 Å². The molecule has 4 heterocycles. The number of pyridine rings is 1. The molecular weight excluding hydrogens is 474 g/mol. The number of aromatic amines is 1. The van der Waals surface area contributed by atoms with E-state index in [2.05, 4.69) is 19.9 Å². The number of H-pyrrole nitrogens is 1. The first-order chi connectivity index (χ1) is 17.9. The number of nitrogens with one attached hydrogen (secondary N) is 1. The molecule has 0 spiro atoms. The van der Waals surface area contributed by atoms with Crippen LogP contribution in [0.25, 0.3) is 22.3 Å². The Hall–Kier alpha value is -4.80. The fourth-order valence-electron chi connectivity index (χ4n) is 4.56. The Morgan fingerprint density at radius 2 is 1.84 bits per heavy atom. The fraction of sp³-hybridized carbons (Fsp3) is 0.231. The summed E-state index contributed by atoms with van der Waals surface area (Å²) in [7, 11) is 1.47. The summed E-state index contributed by atoms with van der Waals surface area (Å²) in [5.74, 6) is -0.821. The Morgan fingerprint density at radius 3 is 2.51 bits per heavy atom. The van der Waals surface area contributed by atoms with Gasteiger partial charge in [0.05, 0.1) is 42.2 Å². The van der Waals surface area contributed by atoms with Crippen molar-refractivity contribution < 1.29 is 19.1 Å². The van der Waals surface area contributed by atoms with E-state index in [4.69, 9.17) is 10.5 Å². The van der Waals surface area contributed by atoms with E-state index in [1.807, 2.05) is 25.1 Å². The van der Waals surface area contributed by atoms with E-state index < -0.39 is 11.7 Å². The van der Waals surface area contributed by atoms with Crippen LogP contribution in [0.4, 0.5) is 5.82 Å². The van der Waals surface area contributed by atoms with Gasteiger partial charge in [-0.1, -0.05) is 18.2 Å². The highest BCUT2D eigenvalue weighted by molar-refractivity contribution is 6.45. The smallest absolute Gasteiger partial charge is 0.295 e. The van der Waals surface area contributed by atoms with Crippen molar-refractivity contribution in [2.45, 2.75) is 13.0 Å². The molecule has 1 aliphatic rings. The van der Waals surface area contributed by atoms with Crippen molar-refractivity contribution in [2.75, 3.05) is 32.5 Å². The number of nitrogen functional groups attached to an aromatic ring is 1. The van der Waals surface area contributed by atoms with Crippen LogP contribution in [0.1, 0.15) is 27.6 Å². The van der Waals surface area contributed by atoms with Gasteiger partial charge in [0.15, 0.2) is 0 Å². The molecule has 1 aliphatic heterocycles. The Bertz CT molecular complexity index is 1480. The Morgan fingerprint density at radius 1 is 1.05 bits per heavy atom. The van der Waals surface area contributed by atoms with Crippen LogP contribution in [0.15, 0.2) is 55.1 Å². The zero-order valence-corrected chi connectivity index (χ0v) is 20.3. The highest BCUT2D eigenvalue weighted by Crippen LogP contribution is 2.34. The van der Waals surface area contributed by atoms with Gasteiger partial charge in [-0.15, -0.1) is 0 Å². The van der Waals surface area contributed by atoms with E-state index in [1.165, 1.54) is 36.8 Å². The molecule has 1 aromatic carbocycles. The fourth-order valence-corrected chi connectivity index (χ4v) is 4.56. The molecule has 2 amide bonds. The number of aromatic nitrogens is 4. The number of piperazine rings is 1. The lowest BCUT2D eigenvalue weighted by atomic mass is 10.1. The summed E-state index contributed by atoms with van der Waals surface area (Å²) in [6.45, 7) is 2.69. The minimum Gasteiger partial charge on any atom is -0.494 e. The van der Waals surface area contributed by atoms with Crippen molar-refractivity contribution in [2.24, 2.45) is 0 Å². The van der Waals surface area contributed by atoms with Crippen LogP contribution in [0.2, 0.25) is 0 Å². The van der Waals surface area contributed by atoms with Gasteiger partial charge < -0.3 is 25.3 Å². The summed E-state index contributed by atoms with van der Waals surface area (Å²) in [6, 6.07) is 8.75. The second kappa shape index (κ2) is 9.69. The standard InChI is InChI=1S/C26H25N7O4/c1-15-14-32(8-9-33(15)25(35)16-6-4-3-5-7-16)26(36)24(34)17-10-30-23-21(17)19(37-2)12-31-22(23)18-11-29-20(27)13-28-18/h3-7,10-13,15,30H,8-9,14H2,1-2H3,(H2,27,29). The Balaban J connectivity index is 1.40. The molecule has 0 bridgehead atoms. The van der Waals surface area contributed by atoms with Gasteiger partial charge in [-0.2, -0.15) is 0 Å². The molecule has 1 fully saturated rings. The highest BCUT2D eigenvalue weighted by atomic mass is 16.5. The topological polar surface area (TPSA) is 147 Å². The molecule has 1 saturated heterocycles.